The van der Waals surface area contributed by atoms with Gasteiger partial charge in [-0.15, -0.1) is 5.10 Å². The first-order valence-electron chi connectivity index (χ1n) is 5.34. The second-order valence-electron chi connectivity index (χ2n) is 3.50. The summed E-state index contributed by atoms with van der Waals surface area (Å²) in [7, 11) is 0. The van der Waals surface area contributed by atoms with Crippen molar-refractivity contribution < 1.29 is 9.90 Å². The largest absolute Gasteiger partial charge is 0.480 e. The fourth-order valence-electron chi connectivity index (χ4n) is 1.29. The summed E-state index contributed by atoms with van der Waals surface area (Å²) in [5.41, 5.74) is -0.272. The minimum Gasteiger partial charge on any atom is -0.480 e. The van der Waals surface area contributed by atoms with Gasteiger partial charge in [0.1, 0.15) is 17.4 Å². The first kappa shape index (κ1) is 13.2. The van der Waals surface area contributed by atoms with Crippen molar-refractivity contribution in [2.24, 2.45) is 0 Å². The first-order valence-corrected chi connectivity index (χ1v) is 6.16. The van der Waals surface area contributed by atoms with Gasteiger partial charge in [0.25, 0.3) is 5.56 Å². The predicted molar refractivity (Wildman–Crippen MR) is 63.8 cm³/mol. The van der Waals surface area contributed by atoms with Crippen LogP contribution in [0.1, 0.15) is 12.7 Å². The standard InChI is InChI=1S/C9H10N6O3S/c1-2-5-10-6(16)3-7(11-5)19-9-12-13-14-15(9)4-8(17)18/h3H,2,4H2,1H3,(H,17,18)(H,10,11,16). The third-order valence-corrected chi connectivity index (χ3v) is 2.98. The van der Waals surface area contributed by atoms with Gasteiger partial charge in [0, 0.05) is 12.5 Å². The number of H-pyrrole nitrogens is 1. The van der Waals surface area contributed by atoms with Gasteiger partial charge in [-0.3, -0.25) is 9.59 Å². The van der Waals surface area contributed by atoms with Crippen molar-refractivity contribution >= 4 is 17.7 Å². The number of rotatable bonds is 5. The molecule has 0 radical (unpaired) electrons. The number of carbonyl (C=O) groups is 1. The van der Waals surface area contributed by atoms with Crippen LogP contribution in [0.15, 0.2) is 21.0 Å². The molecule has 2 aromatic heterocycles. The molecule has 0 saturated heterocycles. The van der Waals surface area contributed by atoms with Crippen LogP contribution in [0.5, 0.6) is 0 Å². The molecule has 0 aliphatic heterocycles. The number of hydrogen-bond donors (Lipinski definition) is 2. The van der Waals surface area contributed by atoms with Crippen LogP contribution in [-0.4, -0.2) is 41.3 Å². The number of hydrogen-bond acceptors (Lipinski definition) is 7. The zero-order valence-corrected chi connectivity index (χ0v) is 10.7. The van der Waals surface area contributed by atoms with Crippen LogP contribution in [-0.2, 0) is 17.8 Å². The Morgan fingerprint density at radius 3 is 3.05 bits per heavy atom. The van der Waals surface area contributed by atoms with Gasteiger partial charge in [0.15, 0.2) is 0 Å². The van der Waals surface area contributed by atoms with E-state index in [0.29, 0.717) is 17.3 Å². The Kier molecular flexibility index (Phi) is 3.90. The van der Waals surface area contributed by atoms with Gasteiger partial charge in [-0.2, -0.15) is 0 Å². The van der Waals surface area contributed by atoms with E-state index >= 15 is 0 Å². The van der Waals surface area contributed by atoms with Crippen molar-refractivity contribution in [3.8, 4) is 0 Å². The average Bonchev–Trinajstić information content (AvgIpc) is 2.75. The van der Waals surface area contributed by atoms with Crippen LogP contribution in [0, 0.1) is 0 Å². The SMILES string of the molecule is CCc1nc(Sc2nnnn2CC(=O)O)cc(=O)[nH]1. The Hall–Kier alpha value is -2.23. The van der Waals surface area contributed by atoms with E-state index in [-0.39, 0.29) is 17.3 Å². The molecule has 100 valence electrons. The van der Waals surface area contributed by atoms with Crippen LogP contribution < -0.4 is 5.56 Å². The monoisotopic (exact) mass is 282 g/mol. The van der Waals surface area contributed by atoms with Crippen LogP contribution in [0.3, 0.4) is 0 Å². The number of carboxylic acid groups (broad SMARTS) is 1. The van der Waals surface area contributed by atoms with Crippen LogP contribution in [0.25, 0.3) is 0 Å². The Morgan fingerprint density at radius 1 is 1.58 bits per heavy atom. The van der Waals surface area contributed by atoms with Crippen molar-refractivity contribution in [3.05, 3.63) is 22.2 Å². The summed E-state index contributed by atoms with van der Waals surface area (Å²) in [5, 5.41) is 20.0. The number of aromatic amines is 1. The molecule has 19 heavy (non-hydrogen) atoms. The van der Waals surface area contributed by atoms with Crippen molar-refractivity contribution in [1.29, 1.82) is 0 Å². The maximum Gasteiger partial charge on any atom is 0.325 e. The Labute approximate surface area is 111 Å². The zero-order valence-electron chi connectivity index (χ0n) is 9.90. The molecule has 9 nitrogen and oxygen atoms in total. The molecule has 0 atom stereocenters. The summed E-state index contributed by atoms with van der Waals surface area (Å²) in [6.07, 6.45) is 0.587. The second-order valence-corrected chi connectivity index (χ2v) is 4.49. The number of carboxylic acids is 1. The Morgan fingerprint density at radius 2 is 2.37 bits per heavy atom. The van der Waals surface area contributed by atoms with Crippen molar-refractivity contribution in [1.82, 2.24) is 30.2 Å². The van der Waals surface area contributed by atoms with Crippen molar-refractivity contribution in [3.63, 3.8) is 0 Å². The summed E-state index contributed by atoms with van der Waals surface area (Å²) in [6, 6.07) is 1.31. The lowest BCUT2D eigenvalue weighted by Crippen LogP contribution is -2.12. The predicted octanol–water partition coefficient (Wildman–Crippen LogP) is -0.445. The van der Waals surface area contributed by atoms with Gasteiger partial charge in [-0.25, -0.2) is 9.67 Å². The molecule has 2 N–H and O–H groups in total. The normalized spacial score (nSPS) is 10.6. The van der Waals surface area contributed by atoms with Gasteiger partial charge < -0.3 is 10.1 Å². The zero-order chi connectivity index (χ0) is 13.8. The highest BCUT2D eigenvalue weighted by molar-refractivity contribution is 7.99. The maximum atomic E-state index is 11.4. The molecular weight excluding hydrogens is 272 g/mol. The Bertz CT molecular complexity index is 651. The van der Waals surface area contributed by atoms with E-state index in [4.69, 9.17) is 5.11 Å². The van der Waals surface area contributed by atoms with Crippen molar-refractivity contribution in [2.45, 2.75) is 30.1 Å². The number of aromatic nitrogens is 6. The Balaban J connectivity index is 2.26. The van der Waals surface area contributed by atoms with Crippen LogP contribution in [0.2, 0.25) is 0 Å². The summed E-state index contributed by atoms with van der Waals surface area (Å²) < 4.78 is 1.13. The van der Waals surface area contributed by atoms with Crippen LogP contribution >= 0.6 is 11.8 Å². The highest BCUT2D eigenvalue weighted by Gasteiger charge is 2.12. The molecule has 0 bridgehead atoms. The summed E-state index contributed by atoms with van der Waals surface area (Å²) in [5.74, 6) is -0.505. The second kappa shape index (κ2) is 5.61. The third-order valence-electron chi connectivity index (χ3n) is 2.08. The number of tetrazole rings is 1. The van der Waals surface area contributed by atoms with E-state index in [9.17, 15) is 9.59 Å². The summed E-state index contributed by atoms with van der Waals surface area (Å²) in [4.78, 5) is 28.8. The molecular formula is C9H10N6O3S. The van der Waals surface area contributed by atoms with E-state index in [1.54, 1.807) is 0 Å². The van der Waals surface area contributed by atoms with Gasteiger partial charge >= 0.3 is 5.97 Å². The fourth-order valence-corrected chi connectivity index (χ4v) is 2.09. The smallest absolute Gasteiger partial charge is 0.325 e. The number of aryl methyl sites for hydroxylation is 1. The molecule has 0 fully saturated rings. The number of aliphatic carboxylic acids is 1. The minimum absolute atomic E-state index is 0.266. The van der Waals surface area contributed by atoms with Crippen LogP contribution in [0.4, 0.5) is 0 Å². The topological polar surface area (TPSA) is 127 Å². The van der Waals surface area contributed by atoms with E-state index in [1.165, 1.54) is 6.07 Å². The van der Waals surface area contributed by atoms with Gasteiger partial charge in [-0.05, 0) is 22.2 Å². The highest BCUT2D eigenvalue weighted by atomic mass is 32.2. The third kappa shape index (κ3) is 3.37. The summed E-state index contributed by atoms with van der Waals surface area (Å²) in [6.45, 7) is 1.51. The molecule has 0 aliphatic carbocycles. The number of nitrogens with one attached hydrogen (secondary N) is 1. The fraction of sp³-hybridized carbons (Fsp3) is 0.333. The minimum atomic E-state index is -1.05. The lowest BCUT2D eigenvalue weighted by molar-refractivity contribution is -0.138. The summed E-state index contributed by atoms with van der Waals surface area (Å²) >= 11 is 1.04. The molecule has 0 unspecified atom stereocenters. The van der Waals surface area contributed by atoms with Crippen molar-refractivity contribution in [2.75, 3.05) is 0 Å². The molecule has 0 aliphatic rings. The number of nitrogens with zero attached hydrogens (tertiary/aromatic N) is 5. The van der Waals surface area contributed by atoms with E-state index in [2.05, 4.69) is 25.5 Å². The van der Waals surface area contributed by atoms with Gasteiger partial charge in [0.2, 0.25) is 5.16 Å². The molecule has 2 heterocycles. The quantitative estimate of drug-likeness (QED) is 0.706. The van der Waals surface area contributed by atoms with E-state index < -0.39 is 5.97 Å². The lowest BCUT2D eigenvalue weighted by Gasteiger charge is -2.02. The highest BCUT2D eigenvalue weighted by Crippen LogP contribution is 2.21. The van der Waals surface area contributed by atoms with E-state index in [1.807, 2.05) is 6.92 Å². The molecule has 2 aromatic rings. The lowest BCUT2D eigenvalue weighted by atomic mass is 10.4. The molecule has 0 saturated carbocycles. The molecule has 0 spiro atoms. The maximum absolute atomic E-state index is 11.4. The molecule has 2 rings (SSSR count). The first-order chi connectivity index (χ1) is 9.08. The van der Waals surface area contributed by atoms with E-state index in [0.717, 1.165) is 16.4 Å². The average molecular weight is 282 g/mol. The van der Waals surface area contributed by atoms with Gasteiger partial charge in [-0.1, -0.05) is 6.92 Å². The molecule has 10 heteroatoms. The molecule has 0 amide bonds. The molecule has 0 aromatic carbocycles. The van der Waals surface area contributed by atoms with Gasteiger partial charge in [0.05, 0.1) is 0 Å².